The predicted molar refractivity (Wildman–Crippen MR) is 55.5 cm³/mol. The van der Waals surface area contributed by atoms with Gasteiger partial charge in [-0.2, -0.15) is 0 Å². The molecular weight excluding hydrogens is 258 g/mol. The number of hydrogen-bond donors (Lipinski definition) is 1. The Labute approximate surface area is 93.7 Å². The Hall–Kier alpha value is 1.41. The summed E-state index contributed by atoms with van der Waals surface area (Å²) in [6.07, 6.45) is 0.0112. The molecule has 0 radical (unpaired) electrons. The summed E-state index contributed by atoms with van der Waals surface area (Å²) in [6.45, 7) is 7.73. The molecule has 2 nitrogen and oxygen atoms in total. The third-order valence-corrected chi connectivity index (χ3v) is 5.42. The fourth-order valence-electron chi connectivity index (χ4n) is 0.558. The first-order valence-electron chi connectivity index (χ1n) is 3.53. The van der Waals surface area contributed by atoms with Crippen molar-refractivity contribution in [2.24, 2.45) is 0 Å². The van der Waals surface area contributed by atoms with Gasteiger partial charge in [-0.3, -0.25) is 0 Å². The summed E-state index contributed by atoms with van der Waals surface area (Å²) in [6, 6.07) is 0. The minimum absolute atomic E-state index is 0. The second-order valence-electron chi connectivity index (χ2n) is 2.78. The SMILES string of the molecule is CC(C)OP(O)(=S)SC(C)C.[Ni]. The van der Waals surface area contributed by atoms with Gasteiger partial charge in [0.2, 0.25) is 5.69 Å². The van der Waals surface area contributed by atoms with Crippen LogP contribution in [-0.2, 0) is 32.8 Å². The van der Waals surface area contributed by atoms with Gasteiger partial charge in [-0.05, 0) is 25.7 Å². The first kappa shape index (κ1) is 15.9. The van der Waals surface area contributed by atoms with Gasteiger partial charge in [-0.1, -0.05) is 25.2 Å². The molecule has 1 unspecified atom stereocenters. The van der Waals surface area contributed by atoms with Gasteiger partial charge in [0, 0.05) is 21.7 Å². The van der Waals surface area contributed by atoms with E-state index in [9.17, 15) is 4.89 Å². The number of rotatable bonds is 4. The number of hydrogen-bond acceptors (Lipinski definition) is 3. The molecule has 0 bridgehead atoms. The molecule has 0 saturated carbocycles. The summed E-state index contributed by atoms with van der Waals surface area (Å²) < 4.78 is 5.19. The van der Waals surface area contributed by atoms with E-state index in [1.165, 1.54) is 11.4 Å². The van der Waals surface area contributed by atoms with Crippen molar-refractivity contribution in [3.05, 3.63) is 0 Å². The summed E-state index contributed by atoms with van der Waals surface area (Å²) >= 11 is 6.25. The normalized spacial score (nSPS) is 15.9. The van der Waals surface area contributed by atoms with Gasteiger partial charge in [-0.25, -0.2) is 0 Å². The van der Waals surface area contributed by atoms with Crippen LogP contribution in [0.5, 0.6) is 0 Å². The zero-order valence-corrected chi connectivity index (χ0v) is 11.1. The molecule has 1 atom stereocenters. The van der Waals surface area contributed by atoms with Crippen molar-refractivity contribution in [2.75, 3.05) is 0 Å². The van der Waals surface area contributed by atoms with Crippen LogP contribution in [0.15, 0.2) is 0 Å². The molecule has 0 saturated heterocycles. The van der Waals surface area contributed by atoms with Gasteiger partial charge >= 0.3 is 0 Å². The summed E-state index contributed by atoms with van der Waals surface area (Å²) in [7, 11) is 0. The van der Waals surface area contributed by atoms with Crippen LogP contribution in [0.2, 0.25) is 0 Å². The van der Waals surface area contributed by atoms with Crippen LogP contribution in [0.3, 0.4) is 0 Å². The van der Waals surface area contributed by atoms with Gasteiger partial charge in [0.05, 0.1) is 6.10 Å². The molecule has 0 aromatic rings. The fourth-order valence-corrected chi connectivity index (χ4v) is 6.00. The molecule has 0 heterocycles. The quantitative estimate of drug-likeness (QED) is 0.630. The van der Waals surface area contributed by atoms with Gasteiger partial charge in [0.1, 0.15) is 0 Å². The molecule has 1 N–H and O–H groups in total. The zero-order valence-electron chi connectivity index (χ0n) is 7.59. The first-order valence-corrected chi connectivity index (χ1v) is 7.69. The topological polar surface area (TPSA) is 29.5 Å². The Morgan fingerprint density at radius 1 is 1.33 bits per heavy atom. The third kappa shape index (κ3) is 9.50. The van der Waals surface area contributed by atoms with Crippen molar-refractivity contribution in [1.29, 1.82) is 0 Å². The van der Waals surface area contributed by atoms with Crippen molar-refractivity contribution in [3.63, 3.8) is 0 Å². The van der Waals surface area contributed by atoms with Crippen LogP contribution in [0.4, 0.5) is 0 Å². The maximum atomic E-state index is 9.52. The molecule has 0 aromatic carbocycles. The molecule has 0 rings (SSSR count). The van der Waals surface area contributed by atoms with E-state index in [1.54, 1.807) is 0 Å². The van der Waals surface area contributed by atoms with Crippen LogP contribution >= 0.6 is 17.1 Å². The Morgan fingerprint density at radius 2 is 1.75 bits per heavy atom. The van der Waals surface area contributed by atoms with Gasteiger partial charge in [-0.15, -0.1) is 0 Å². The molecule has 0 aliphatic carbocycles. The van der Waals surface area contributed by atoms with Crippen LogP contribution in [-0.4, -0.2) is 16.2 Å². The average Bonchev–Trinajstić information content (AvgIpc) is 1.53. The van der Waals surface area contributed by atoms with E-state index >= 15 is 0 Å². The maximum absolute atomic E-state index is 9.52. The molecule has 6 heteroatoms. The Kier molecular flexibility index (Phi) is 9.00. The van der Waals surface area contributed by atoms with Crippen LogP contribution in [0, 0.1) is 0 Å². The Bertz CT molecular complexity index is 150. The fraction of sp³-hybridized carbons (Fsp3) is 1.00. The Balaban J connectivity index is 0. The van der Waals surface area contributed by atoms with E-state index in [-0.39, 0.29) is 22.6 Å². The molecular formula is C6H15NiO2PS2. The van der Waals surface area contributed by atoms with Crippen molar-refractivity contribution in [3.8, 4) is 0 Å². The van der Waals surface area contributed by atoms with E-state index in [4.69, 9.17) is 16.3 Å². The predicted octanol–water partition coefficient (Wildman–Crippen LogP) is 2.77. The van der Waals surface area contributed by atoms with Crippen LogP contribution in [0.25, 0.3) is 0 Å². The summed E-state index contributed by atoms with van der Waals surface area (Å²) in [5.41, 5.74) is -2.55. The summed E-state index contributed by atoms with van der Waals surface area (Å²) in [5, 5.41) is 0.324. The molecule has 0 aliphatic heterocycles. The molecule has 0 aliphatic rings. The minimum atomic E-state index is -2.55. The second-order valence-corrected chi connectivity index (χ2v) is 9.37. The van der Waals surface area contributed by atoms with Crippen molar-refractivity contribution in [1.82, 2.24) is 0 Å². The third-order valence-electron chi connectivity index (χ3n) is 0.688. The standard InChI is InChI=1S/C6H15O2PS2.Ni/c1-5(2)8-9(7,10)11-6(3)4;/h5-6H,1-4H3,(H,7,10);. The van der Waals surface area contributed by atoms with Crippen molar-refractivity contribution >= 4 is 28.9 Å². The second kappa shape index (κ2) is 6.81. The van der Waals surface area contributed by atoms with Crippen LogP contribution in [0.1, 0.15) is 27.7 Å². The summed E-state index contributed by atoms with van der Waals surface area (Å²) in [5.74, 6) is 0. The average molecular weight is 273 g/mol. The molecule has 12 heavy (non-hydrogen) atoms. The minimum Gasteiger partial charge on any atom is -0.337 e. The molecule has 0 fully saturated rings. The van der Waals surface area contributed by atoms with Gasteiger partial charge < -0.3 is 9.42 Å². The molecule has 0 spiro atoms. The molecule has 0 amide bonds. The summed E-state index contributed by atoms with van der Waals surface area (Å²) in [4.78, 5) is 9.52. The zero-order chi connectivity index (χ0) is 9.07. The van der Waals surface area contributed by atoms with Crippen molar-refractivity contribution in [2.45, 2.75) is 39.0 Å². The smallest absolute Gasteiger partial charge is 0.245 e. The Morgan fingerprint density at radius 3 is 2.00 bits per heavy atom. The molecule has 0 aromatic heterocycles. The van der Waals surface area contributed by atoms with E-state index in [0.29, 0.717) is 5.25 Å². The van der Waals surface area contributed by atoms with E-state index in [1.807, 2.05) is 27.7 Å². The maximum Gasteiger partial charge on any atom is 0.245 e. The monoisotopic (exact) mass is 272 g/mol. The van der Waals surface area contributed by atoms with Crippen molar-refractivity contribution < 1.29 is 25.9 Å². The van der Waals surface area contributed by atoms with E-state index < -0.39 is 5.69 Å². The van der Waals surface area contributed by atoms with E-state index in [0.717, 1.165) is 0 Å². The molecule has 78 valence electrons. The first-order chi connectivity index (χ1) is 4.83. The van der Waals surface area contributed by atoms with E-state index in [2.05, 4.69) is 0 Å². The van der Waals surface area contributed by atoms with Gasteiger partial charge in [0.15, 0.2) is 0 Å². The largest absolute Gasteiger partial charge is 0.337 e. The van der Waals surface area contributed by atoms with Crippen LogP contribution < -0.4 is 0 Å². The van der Waals surface area contributed by atoms with Gasteiger partial charge in [0.25, 0.3) is 0 Å².